The SMILES string of the molecule is CC(CCC(=O)O)CNC(=O)C1CSCN1. The maximum absolute atomic E-state index is 11.6. The number of rotatable bonds is 6. The molecule has 2 unspecified atom stereocenters. The molecule has 1 rings (SSSR count). The second kappa shape index (κ2) is 6.75. The Labute approximate surface area is 99.4 Å². The molecule has 92 valence electrons. The molecule has 0 spiro atoms. The molecule has 0 aromatic rings. The number of thioether (sulfide) groups is 1. The predicted octanol–water partition coefficient (Wildman–Crippen LogP) is 0.266. The number of amides is 1. The van der Waals surface area contributed by atoms with Crippen LogP contribution >= 0.6 is 11.8 Å². The van der Waals surface area contributed by atoms with Crippen LogP contribution in [-0.4, -0.2) is 41.2 Å². The molecule has 1 aliphatic heterocycles. The van der Waals surface area contributed by atoms with Gasteiger partial charge in [-0.25, -0.2) is 0 Å². The van der Waals surface area contributed by atoms with E-state index in [0.29, 0.717) is 13.0 Å². The van der Waals surface area contributed by atoms with Crippen LogP contribution in [-0.2, 0) is 9.59 Å². The van der Waals surface area contributed by atoms with Gasteiger partial charge in [-0.3, -0.25) is 14.9 Å². The summed E-state index contributed by atoms with van der Waals surface area (Å²) in [5.41, 5.74) is 0. The normalized spacial score (nSPS) is 21.7. The fraction of sp³-hybridized carbons (Fsp3) is 0.800. The lowest BCUT2D eigenvalue weighted by Crippen LogP contribution is -2.43. The van der Waals surface area contributed by atoms with Crippen LogP contribution in [0.5, 0.6) is 0 Å². The van der Waals surface area contributed by atoms with Gasteiger partial charge >= 0.3 is 5.97 Å². The van der Waals surface area contributed by atoms with Gasteiger partial charge in [-0.05, 0) is 12.3 Å². The molecule has 1 saturated heterocycles. The average molecular weight is 246 g/mol. The van der Waals surface area contributed by atoms with Crippen molar-refractivity contribution in [2.45, 2.75) is 25.8 Å². The van der Waals surface area contributed by atoms with E-state index in [1.54, 1.807) is 11.8 Å². The summed E-state index contributed by atoms with van der Waals surface area (Å²) in [6, 6.07) is -0.0864. The summed E-state index contributed by atoms with van der Waals surface area (Å²) >= 11 is 1.71. The highest BCUT2D eigenvalue weighted by atomic mass is 32.2. The summed E-state index contributed by atoms with van der Waals surface area (Å²) in [4.78, 5) is 21.9. The average Bonchev–Trinajstić information content (AvgIpc) is 2.76. The second-order valence-electron chi connectivity index (χ2n) is 4.05. The van der Waals surface area contributed by atoms with Crippen LogP contribution in [0.1, 0.15) is 19.8 Å². The van der Waals surface area contributed by atoms with Crippen LogP contribution in [0.25, 0.3) is 0 Å². The van der Waals surface area contributed by atoms with Crippen LogP contribution in [0, 0.1) is 5.92 Å². The Morgan fingerprint density at radius 2 is 2.38 bits per heavy atom. The first-order valence-electron chi connectivity index (χ1n) is 5.40. The van der Waals surface area contributed by atoms with Gasteiger partial charge in [0.1, 0.15) is 0 Å². The van der Waals surface area contributed by atoms with Crippen molar-refractivity contribution in [3.05, 3.63) is 0 Å². The molecule has 1 amide bonds. The van der Waals surface area contributed by atoms with Crippen molar-refractivity contribution in [3.8, 4) is 0 Å². The number of aliphatic carboxylic acids is 1. The molecular formula is C10H18N2O3S. The van der Waals surface area contributed by atoms with Crippen molar-refractivity contribution >= 4 is 23.6 Å². The molecule has 0 aromatic heterocycles. The highest BCUT2D eigenvalue weighted by Gasteiger charge is 2.22. The van der Waals surface area contributed by atoms with Crippen LogP contribution in [0.3, 0.4) is 0 Å². The van der Waals surface area contributed by atoms with Gasteiger partial charge in [0.25, 0.3) is 0 Å². The summed E-state index contributed by atoms with van der Waals surface area (Å²) in [6.45, 7) is 2.50. The summed E-state index contributed by atoms with van der Waals surface area (Å²) in [7, 11) is 0. The number of nitrogens with one attached hydrogen (secondary N) is 2. The van der Waals surface area contributed by atoms with E-state index in [2.05, 4.69) is 10.6 Å². The molecule has 6 heteroatoms. The van der Waals surface area contributed by atoms with Crippen molar-refractivity contribution in [3.63, 3.8) is 0 Å². The first kappa shape index (κ1) is 13.3. The number of carboxylic acids is 1. The largest absolute Gasteiger partial charge is 0.481 e. The van der Waals surface area contributed by atoms with Crippen LogP contribution in [0.15, 0.2) is 0 Å². The summed E-state index contributed by atoms with van der Waals surface area (Å²) in [5.74, 6) is 1.08. The van der Waals surface area contributed by atoms with E-state index >= 15 is 0 Å². The minimum atomic E-state index is -0.785. The first-order chi connectivity index (χ1) is 7.59. The Morgan fingerprint density at radius 3 is 2.94 bits per heavy atom. The smallest absolute Gasteiger partial charge is 0.303 e. The quantitative estimate of drug-likeness (QED) is 0.627. The predicted molar refractivity (Wildman–Crippen MR) is 63.3 cm³/mol. The third-order valence-electron chi connectivity index (χ3n) is 2.51. The van der Waals surface area contributed by atoms with Crippen molar-refractivity contribution in [1.29, 1.82) is 0 Å². The molecule has 3 N–H and O–H groups in total. The summed E-state index contributed by atoms with van der Waals surface area (Å²) in [5, 5.41) is 14.4. The lowest BCUT2D eigenvalue weighted by Gasteiger charge is -2.14. The molecule has 0 bridgehead atoms. The van der Waals surface area contributed by atoms with Crippen molar-refractivity contribution < 1.29 is 14.7 Å². The fourth-order valence-corrected chi connectivity index (χ4v) is 2.38. The molecule has 5 nitrogen and oxygen atoms in total. The zero-order valence-corrected chi connectivity index (χ0v) is 10.2. The van der Waals surface area contributed by atoms with Crippen LogP contribution in [0.2, 0.25) is 0 Å². The van der Waals surface area contributed by atoms with Gasteiger partial charge in [0.15, 0.2) is 0 Å². The van der Waals surface area contributed by atoms with E-state index in [-0.39, 0.29) is 24.3 Å². The van der Waals surface area contributed by atoms with Gasteiger partial charge in [0.05, 0.1) is 6.04 Å². The highest BCUT2D eigenvalue weighted by molar-refractivity contribution is 7.99. The molecule has 16 heavy (non-hydrogen) atoms. The molecule has 1 heterocycles. The van der Waals surface area contributed by atoms with Gasteiger partial charge in [-0.15, -0.1) is 11.8 Å². The summed E-state index contributed by atoms with van der Waals surface area (Å²) in [6.07, 6.45) is 0.761. The number of carbonyl (C=O) groups excluding carboxylic acids is 1. The maximum Gasteiger partial charge on any atom is 0.303 e. The van der Waals surface area contributed by atoms with Crippen molar-refractivity contribution in [2.24, 2.45) is 5.92 Å². The Kier molecular flexibility index (Phi) is 5.62. The molecule has 1 aliphatic rings. The first-order valence-corrected chi connectivity index (χ1v) is 6.55. The number of carboxylic acid groups (broad SMARTS) is 1. The van der Waals surface area contributed by atoms with E-state index in [1.807, 2.05) is 6.92 Å². The standard InChI is InChI=1S/C10H18N2O3S/c1-7(2-3-9(13)14)4-11-10(15)8-5-16-6-12-8/h7-8,12H,2-6H2,1H3,(H,11,15)(H,13,14). The van der Waals surface area contributed by atoms with E-state index < -0.39 is 5.97 Å². The molecule has 2 atom stereocenters. The molecule has 1 fully saturated rings. The zero-order valence-electron chi connectivity index (χ0n) is 9.36. The monoisotopic (exact) mass is 246 g/mol. The number of hydrogen-bond donors (Lipinski definition) is 3. The third-order valence-corrected chi connectivity index (χ3v) is 3.45. The highest BCUT2D eigenvalue weighted by Crippen LogP contribution is 2.10. The summed E-state index contributed by atoms with van der Waals surface area (Å²) < 4.78 is 0. The van der Waals surface area contributed by atoms with Gasteiger partial charge < -0.3 is 10.4 Å². The van der Waals surface area contributed by atoms with E-state index in [9.17, 15) is 9.59 Å². The fourth-order valence-electron chi connectivity index (χ4n) is 1.43. The lowest BCUT2D eigenvalue weighted by molar-refractivity contribution is -0.137. The van der Waals surface area contributed by atoms with E-state index in [0.717, 1.165) is 11.6 Å². The molecular weight excluding hydrogens is 228 g/mol. The second-order valence-corrected chi connectivity index (χ2v) is 5.08. The maximum atomic E-state index is 11.6. The number of carbonyl (C=O) groups is 2. The minimum Gasteiger partial charge on any atom is -0.481 e. The van der Waals surface area contributed by atoms with Crippen molar-refractivity contribution in [2.75, 3.05) is 18.2 Å². The van der Waals surface area contributed by atoms with Gasteiger partial charge in [-0.1, -0.05) is 6.92 Å². The Balaban J connectivity index is 2.12. The third kappa shape index (κ3) is 4.85. The minimum absolute atomic E-state index is 0.0205. The zero-order chi connectivity index (χ0) is 12.0. The Morgan fingerprint density at radius 1 is 1.62 bits per heavy atom. The Hall–Kier alpha value is -0.750. The van der Waals surface area contributed by atoms with Gasteiger partial charge in [-0.2, -0.15) is 0 Å². The lowest BCUT2D eigenvalue weighted by atomic mass is 10.1. The van der Waals surface area contributed by atoms with E-state index in [4.69, 9.17) is 5.11 Å². The Bertz CT molecular complexity index is 254. The topological polar surface area (TPSA) is 78.4 Å². The van der Waals surface area contributed by atoms with E-state index in [1.165, 1.54) is 0 Å². The van der Waals surface area contributed by atoms with Gasteiger partial charge in [0.2, 0.25) is 5.91 Å². The van der Waals surface area contributed by atoms with Crippen molar-refractivity contribution in [1.82, 2.24) is 10.6 Å². The molecule has 0 aromatic carbocycles. The molecule has 0 radical (unpaired) electrons. The number of hydrogen-bond acceptors (Lipinski definition) is 4. The van der Waals surface area contributed by atoms with Crippen LogP contribution < -0.4 is 10.6 Å². The van der Waals surface area contributed by atoms with Gasteiger partial charge in [0, 0.05) is 24.6 Å². The van der Waals surface area contributed by atoms with Crippen LogP contribution in [0.4, 0.5) is 0 Å². The molecule has 0 aliphatic carbocycles. The molecule has 0 saturated carbocycles.